The van der Waals surface area contributed by atoms with Crippen molar-refractivity contribution in [2.45, 2.75) is 6.92 Å². The topological polar surface area (TPSA) is 44.6 Å². The van der Waals surface area contributed by atoms with Gasteiger partial charge in [0.25, 0.3) is 0 Å². The monoisotopic (exact) mass is 194 g/mol. The molecular formula is C10H11FN2O. The van der Waals surface area contributed by atoms with Crippen LogP contribution in [0.5, 0.6) is 5.75 Å². The molecule has 1 heterocycles. The highest BCUT2D eigenvalue weighted by molar-refractivity contribution is 6.04. The van der Waals surface area contributed by atoms with Crippen molar-refractivity contribution < 1.29 is 9.50 Å². The Labute approximate surface area is 81.3 Å². The number of rotatable bonds is 1. The Bertz CT molecular complexity index is 390. The molecule has 0 saturated carbocycles. The summed E-state index contributed by atoms with van der Waals surface area (Å²) in [6.45, 7) is 2.76. The molecule has 1 aromatic carbocycles. The summed E-state index contributed by atoms with van der Waals surface area (Å²) in [5.74, 6) is -0.254. The molecular weight excluding hydrogens is 183 g/mol. The molecule has 0 amide bonds. The van der Waals surface area contributed by atoms with Gasteiger partial charge in [0.1, 0.15) is 11.6 Å². The molecule has 1 unspecified atom stereocenters. The molecule has 0 spiro atoms. The second-order valence-corrected chi connectivity index (χ2v) is 3.42. The number of benzene rings is 1. The average Bonchev–Trinajstić information content (AvgIpc) is 2.52. The van der Waals surface area contributed by atoms with Crippen molar-refractivity contribution in [1.29, 1.82) is 0 Å². The van der Waals surface area contributed by atoms with Crippen LogP contribution in [0.15, 0.2) is 23.3 Å². The van der Waals surface area contributed by atoms with Gasteiger partial charge in [0.15, 0.2) is 0 Å². The summed E-state index contributed by atoms with van der Waals surface area (Å²) < 4.78 is 12.7. The molecule has 4 heteroatoms. The van der Waals surface area contributed by atoms with Crippen LogP contribution in [0.2, 0.25) is 0 Å². The SMILES string of the molecule is CC1CNN=C1c1ccc(F)cc1O. The molecule has 0 radical (unpaired) electrons. The molecule has 1 aromatic rings. The van der Waals surface area contributed by atoms with Crippen LogP contribution in [-0.2, 0) is 0 Å². The van der Waals surface area contributed by atoms with E-state index in [-0.39, 0.29) is 11.7 Å². The van der Waals surface area contributed by atoms with E-state index in [0.29, 0.717) is 5.56 Å². The molecule has 74 valence electrons. The fourth-order valence-corrected chi connectivity index (χ4v) is 1.52. The van der Waals surface area contributed by atoms with Crippen molar-refractivity contribution in [3.63, 3.8) is 0 Å². The van der Waals surface area contributed by atoms with Crippen molar-refractivity contribution in [3.05, 3.63) is 29.6 Å². The van der Waals surface area contributed by atoms with E-state index in [2.05, 4.69) is 10.5 Å². The van der Waals surface area contributed by atoms with Crippen LogP contribution in [0, 0.1) is 11.7 Å². The summed E-state index contributed by atoms with van der Waals surface area (Å²) in [7, 11) is 0. The minimum absolute atomic E-state index is 0.0562. The molecule has 0 saturated heterocycles. The number of hydrogen-bond acceptors (Lipinski definition) is 3. The zero-order chi connectivity index (χ0) is 10.1. The van der Waals surface area contributed by atoms with Crippen molar-refractivity contribution in [3.8, 4) is 5.75 Å². The van der Waals surface area contributed by atoms with Gasteiger partial charge in [-0.15, -0.1) is 0 Å². The molecule has 14 heavy (non-hydrogen) atoms. The van der Waals surface area contributed by atoms with Crippen LogP contribution in [0.1, 0.15) is 12.5 Å². The highest BCUT2D eigenvalue weighted by Gasteiger charge is 2.20. The first-order valence-electron chi connectivity index (χ1n) is 4.48. The van der Waals surface area contributed by atoms with Gasteiger partial charge in [-0.1, -0.05) is 6.92 Å². The van der Waals surface area contributed by atoms with Gasteiger partial charge >= 0.3 is 0 Å². The number of aromatic hydroxyl groups is 1. The number of phenols is 1. The van der Waals surface area contributed by atoms with E-state index >= 15 is 0 Å². The van der Waals surface area contributed by atoms with Crippen LogP contribution in [0.4, 0.5) is 4.39 Å². The van der Waals surface area contributed by atoms with Gasteiger partial charge in [0.2, 0.25) is 0 Å². The normalized spacial score (nSPS) is 20.4. The third kappa shape index (κ3) is 1.43. The maximum absolute atomic E-state index is 12.7. The second-order valence-electron chi connectivity index (χ2n) is 3.42. The number of hydrazone groups is 1. The van der Waals surface area contributed by atoms with E-state index in [1.165, 1.54) is 6.07 Å². The first-order valence-corrected chi connectivity index (χ1v) is 4.48. The van der Waals surface area contributed by atoms with Crippen LogP contribution >= 0.6 is 0 Å². The van der Waals surface area contributed by atoms with E-state index in [9.17, 15) is 9.50 Å². The Morgan fingerprint density at radius 1 is 1.57 bits per heavy atom. The highest BCUT2D eigenvalue weighted by Crippen LogP contribution is 2.23. The van der Waals surface area contributed by atoms with Gasteiger partial charge in [0, 0.05) is 24.1 Å². The van der Waals surface area contributed by atoms with Gasteiger partial charge < -0.3 is 10.5 Å². The molecule has 2 N–H and O–H groups in total. The number of hydrogen-bond donors (Lipinski definition) is 2. The Kier molecular flexibility index (Phi) is 2.11. The summed E-state index contributed by atoms with van der Waals surface area (Å²) in [5, 5.41) is 13.6. The first-order chi connectivity index (χ1) is 6.68. The molecule has 2 rings (SSSR count). The fourth-order valence-electron chi connectivity index (χ4n) is 1.52. The summed E-state index contributed by atoms with van der Waals surface area (Å²) in [4.78, 5) is 0. The molecule has 1 aliphatic rings. The van der Waals surface area contributed by atoms with Gasteiger partial charge in [-0.2, -0.15) is 5.10 Å². The maximum atomic E-state index is 12.7. The fraction of sp³-hybridized carbons (Fsp3) is 0.300. The number of phenolic OH excluding ortho intramolecular Hbond substituents is 1. The minimum atomic E-state index is -0.439. The summed E-state index contributed by atoms with van der Waals surface area (Å²) in [5.41, 5.74) is 4.23. The Hall–Kier alpha value is -1.58. The lowest BCUT2D eigenvalue weighted by Gasteiger charge is -2.07. The standard InChI is InChI=1S/C10H11FN2O/c1-6-5-12-13-10(6)8-3-2-7(11)4-9(8)14/h2-4,6,12,14H,5H2,1H3. The Morgan fingerprint density at radius 2 is 2.36 bits per heavy atom. The van der Waals surface area contributed by atoms with Crippen LogP contribution < -0.4 is 5.43 Å². The van der Waals surface area contributed by atoms with Crippen molar-refractivity contribution in [1.82, 2.24) is 5.43 Å². The van der Waals surface area contributed by atoms with Crippen LogP contribution in [0.3, 0.4) is 0 Å². The number of nitrogens with zero attached hydrogens (tertiary/aromatic N) is 1. The van der Waals surface area contributed by atoms with Crippen molar-refractivity contribution >= 4 is 5.71 Å². The Morgan fingerprint density at radius 3 is 2.93 bits per heavy atom. The smallest absolute Gasteiger partial charge is 0.127 e. The third-order valence-corrected chi connectivity index (χ3v) is 2.30. The molecule has 0 fully saturated rings. The van der Waals surface area contributed by atoms with Crippen molar-refractivity contribution in [2.75, 3.05) is 6.54 Å². The highest BCUT2D eigenvalue weighted by atomic mass is 19.1. The predicted octanol–water partition coefficient (Wildman–Crippen LogP) is 1.47. The van der Waals surface area contributed by atoms with Gasteiger partial charge in [-0.3, -0.25) is 0 Å². The predicted molar refractivity (Wildman–Crippen MR) is 51.8 cm³/mol. The van der Waals surface area contributed by atoms with E-state index in [1.807, 2.05) is 6.92 Å². The van der Waals surface area contributed by atoms with E-state index in [0.717, 1.165) is 18.3 Å². The van der Waals surface area contributed by atoms with E-state index in [1.54, 1.807) is 6.07 Å². The third-order valence-electron chi connectivity index (χ3n) is 2.30. The lowest BCUT2D eigenvalue weighted by atomic mass is 9.99. The quantitative estimate of drug-likeness (QED) is 0.711. The largest absolute Gasteiger partial charge is 0.507 e. The second kappa shape index (κ2) is 3.29. The van der Waals surface area contributed by atoms with Crippen LogP contribution in [0.25, 0.3) is 0 Å². The number of halogens is 1. The molecule has 1 atom stereocenters. The maximum Gasteiger partial charge on any atom is 0.127 e. The van der Waals surface area contributed by atoms with Crippen LogP contribution in [-0.4, -0.2) is 17.4 Å². The summed E-state index contributed by atoms with van der Waals surface area (Å²) in [6.07, 6.45) is 0. The molecule has 3 nitrogen and oxygen atoms in total. The summed E-state index contributed by atoms with van der Waals surface area (Å²) >= 11 is 0. The van der Waals surface area contributed by atoms with E-state index in [4.69, 9.17) is 0 Å². The van der Waals surface area contributed by atoms with Gasteiger partial charge in [0.05, 0.1) is 5.71 Å². The van der Waals surface area contributed by atoms with Gasteiger partial charge in [-0.05, 0) is 12.1 Å². The number of nitrogens with one attached hydrogen (secondary N) is 1. The van der Waals surface area contributed by atoms with Gasteiger partial charge in [-0.25, -0.2) is 4.39 Å². The summed E-state index contributed by atoms with van der Waals surface area (Å²) in [6, 6.07) is 3.97. The Balaban J connectivity index is 2.41. The molecule has 1 aliphatic heterocycles. The molecule has 0 bridgehead atoms. The first kappa shape index (κ1) is 8.99. The molecule has 0 aliphatic carbocycles. The molecule has 0 aromatic heterocycles. The minimum Gasteiger partial charge on any atom is -0.507 e. The lowest BCUT2D eigenvalue weighted by molar-refractivity contribution is 0.467. The average molecular weight is 194 g/mol. The van der Waals surface area contributed by atoms with Crippen molar-refractivity contribution in [2.24, 2.45) is 11.0 Å². The van der Waals surface area contributed by atoms with E-state index < -0.39 is 5.82 Å². The zero-order valence-corrected chi connectivity index (χ0v) is 7.79. The lowest BCUT2D eigenvalue weighted by Crippen LogP contribution is -2.12. The zero-order valence-electron chi connectivity index (χ0n) is 7.79.